The van der Waals surface area contributed by atoms with Crippen molar-refractivity contribution in [1.29, 1.82) is 0 Å². The molecule has 0 aliphatic rings. The lowest BCUT2D eigenvalue weighted by molar-refractivity contribution is 1.18. The summed E-state index contributed by atoms with van der Waals surface area (Å²) in [5, 5.41) is 14.9. The third kappa shape index (κ3) is 5.81. The zero-order valence-corrected chi connectivity index (χ0v) is 37.5. The van der Waals surface area contributed by atoms with Gasteiger partial charge in [-0.3, -0.25) is 0 Å². The van der Waals surface area contributed by atoms with E-state index in [1.807, 2.05) is 0 Å². The van der Waals surface area contributed by atoms with Crippen LogP contribution >= 0.6 is 0 Å². The van der Waals surface area contributed by atoms with Crippen LogP contribution in [-0.4, -0.2) is 13.7 Å². The highest BCUT2D eigenvalue weighted by atomic mass is 15.0. The fourth-order valence-corrected chi connectivity index (χ4v) is 11.5. The molecule has 0 bridgehead atoms. The van der Waals surface area contributed by atoms with E-state index < -0.39 is 0 Å². The van der Waals surface area contributed by atoms with E-state index in [-0.39, 0.29) is 0 Å². The number of benzene rings is 12. The second-order valence-corrected chi connectivity index (χ2v) is 18.6. The zero-order chi connectivity index (χ0) is 45.2. The molecule has 3 nitrogen and oxygen atoms in total. The van der Waals surface area contributed by atoms with Crippen molar-refractivity contribution in [2.45, 2.75) is 0 Å². The van der Waals surface area contributed by atoms with Gasteiger partial charge in [-0.1, -0.05) is 152 Å². The molecule has 0 saturated heterocycles. The van der Waals surface area contributed by atoms with Crippen molar-refractivity contribution < 1.29 is 0 Å². The number of para-hydroxylation sites is 2. The van der Waals surface area contributed by atoms with Crippen molar-refractivity contribution in [2.75, 3.05) is 0 Å². The summed E-state index contributed by atoms with van der Waals surface area (Å²) < 4.78 is 7.29. The van der Waals surface area contributed by atoms with Crippen molar-refractivity contribution in [3.63, 3.8) is 0 Å². The van der Waals surface area contributed by atoms with Gasteiger partial charge in [-0.2, -0.15) is 0 Å². The van der Waals surface area contributed by atoms with Crippen LogP contribution in [0.15, 0.2) is 249 Å². The minimum absolute atomic E-state index is 1.15. The van der Waals surface area contributed by atoms with Crippen LogP contribution in [0, 0.1) is 0 Å². The van der Waals surface area contributed by atoms with Gasteiger partial charge in [0.25, 0.3) is 0 Å². The zero-order valence-electron chi connectivity index (χ0n) is 37.5. The van der Waals surface area contributed by atoms with Gasteiger partial charge in [-0.25, -0.2) is 0 Å². The van der Waals surface area contributed by atoms with Crippen LogP contribution in [0.2, 0.25) is 0 Å². The van der Waals surface area contributed by atoms with Crippen molar-refractivity contribution in [2.24, 2.45) is 0 Å². The van der Waals surface area contributed by atoms with Crippen LogP contribution in [0.1, 0.15) is 0 Å². The molecule has 15 aromatic rings. The maximum Gasteiger partial charge on any atom is 0.0541 e. The Bertz CT molecular complexity index is 4360. The van der Waals surface area contributed by atoms with Crippen molar-refractivity contribution in [3.05, 3.63) is 249 Å². The molecule has 12 aromatic carbocycles. The van der Waals surface area contributed by atoms with Crippen LogP contribution in [0.25, 0.3) is 137 Å². The molecule has 69 heavy (non-hydrogen) atoms. The molecule has 0 aliphatic carbocycles. The molecular formula is C66H41N3. The number of rotatable bonds is 5. The molecule has 0 amide bonds. The predicted octanol–water partition coefficient (Wildman–Crippen LogP) is 17.8. The highest BCUT2D eigenvalue weighted by Crippen LogP contribution is 2.42. The molecule has 0 spiro atoms. The molecule has 3 aromatic heterocycles. The first-order chi connectivity index (χ1) is 34.2. The summed E-state index contributed by atoms with van der Waals surface area (Å²) in [4.78, 5) is 0. The Balaban J connectivity index is 0.912. The normalized spacial score (nSPS) is 12.1. The first kappa shape index (κ1) is 38.0. The Labute approximate surface area is 397 Å². The largest absolute Gasteiger partial charge is 0.309 e. The average molecular weight is 876 g/mol. The molecule has 3 heteroatoms. The smallest absolute Gasteiger partial charge is 0.0541 e. The van der Waals surface area contributed by atoms with Gasteiger partial charge in [0, 0.05) is 49.4 Å². The lowest BCUT2D eigenvalue weighted by Gasteiger charge is -2.11. The van der Waals surface area contributed by atoms with Crippen LogP contribution < -0.4 is 0 Å². The molecule has 0 saturated carbocycles. The Morgan fingerprint density at radius 3 is 0.768 bits per heavy atom. The van der Waals surface area contributed by atoms with Gasteiger partial charge >= 0.3 is 0 Å². The average Bonchev–Trinajstić information content (AvgIpc) is 4.05. The SMILES string of the molecule is c1ccc2cc(-n3c4ccccc4c4cc(-c5ccc6c(c5)c5cc(-c7ccc8c(c7)c7ccccc7n8-c7ccc8ccccc8c7)ccc5n6-c5ccc6ccccc6c5)ccc43)ccc2c1. The third-order valence-corrected chi connectivity index (χ3v) is 14.8. The molecule has 0 atom stereocenters. The maximum absolute atomic E-state index is 2.45. The van der Waals surface area contributed by atoms with Crippen LogP contribution in [0.5, 0.6) is 0 Å². The summed E-state index contributed by atoms with van der Waals surface area (Å²) in [7, 11) is 0. The lowest BCUT2D eigenvalue weighted by atomic mass is 9.98. The minimum Gasteiger partial charge on any atom is -0.309 e. The number of hydrogen-bond donors (Lipinski definition) is 0. The third-order valence-electron chi connectivity index (χ3n) is 14.8. The van der Waals surface area contributed by atoms with Gasteiger partial charge in [0.1, 0.15) is 0 Å². The predicted molar refractivity (Wildman–Crippen MR) is 293 cm³/mol. The molecule has 320 valence electrons. The standard InChI is InChI=1S/C66H41N3/c1-4-14-45-35-52(28-21-42(45)11-1)67-61-19-9-7-17-55(61)57-38-48(24-31-63(57)67)50-26-33-65-59(40-50)60-41-51(27-34-66(60)69(65)54-30-23-44-13-3-6-16-47(44)37-54)49-25-32-64-58(39-49)56-18-8-10-20-62(56)68(64)53-29-22-43-12-2-5-15-46(43)36-53/h1-41H. The quantitative estimate of drug-likeness (QED) is 0.164. The van der Waals surface area contributed by atoms with E-state index in [4.69, 9.17) is 0 Å². The van der Waals surface area contributed by atoms with E-state index in [0.29, 0.717) is 0 Å². The molecule has 0 N–H and O–H groups in total. The second-order valence-electron chi connectivity index (χ2n) is 18.6. The highest BCUT2D eigenvalue weighted by Gasteiger charge is 2.19. The van der Waals surface area contributed by atoms with Gasteiger partial charge in [-0.15, -0.1) is 0 Å². The van der Waals surface area contributed by atoms with Crippen LogP contribution in [-0.2, 0) is 0 Å². The summed E-state index contributed by atoms with van der Waals surface area (Å²) >= 11 is 0. The van der Waals surface area contributed by atoms with Crippen LogP contribution in [0.4, 0.5) is 0 Å². The molecule has 0 unspecified atom stereocenters. The van der Waals surface area contributed by atoms with Crippen molar-refractivity contribution >= 4 is 97.7 Å². The maximum atomic E-state index is 2.45. The van der Waals surface area contributed by atoms with Gasteiger partial charge in [0.2, 0.25) is 0 Å². The number of aromatic nitrogens is 3. The molecule has 3 heterocycles. The molecule has 0 radical (unpaired) electrons. The summed E-state index contributed by atoms with van der Waals surface area (Å²) in [6, 6.07) is 92.1. The fourth-order valence-electron chi connectivity index (χ4n) is 11.5. The second kappa shape index (κ2) is 14.7. The van der Waals surface area contributed by atoms with Crippen molar-refractivity contribution in [1.82, 2.24) is 13.7 Å². The highest BCUT2D eigenvalue weighted by molar-refractivity contribution is 6.15. The number of hydrogen-bond acceptors (Lipinski definition) is 0. The van der Waals surface area contributed by atoms with E-state index in [1.165, 1.54) is 131 Å². The van der Waals surface area contributed by atoms with E-state index in [2.05, 4.69) is 262 Å². The van der Waals surface area contributed by atoms with Gasteiger partial charge in [0.05, 0.1) is 33.1 Å². The van der Waals surface area contributed by atoms with Crippen molar-refractivity contribution in [3.8, 4) is 39.3 Å². The topological polar surface area (TPSA) is 14.8 Å². The first-order valence-electron chi connectivity index (χ1n) is 23.8. The Morgan fingerprint density at radius 2 is 0.435 bits per heavy atom. The van der Waals surface area contributed by atoms with E-state index in [0.717, 1.165) is 5.69 Å². The summed E-state index contributed by atoms with van der Waals surface area (Å²) in [5.41, 5.74) is 15.4. The summed E-state index contributed by atoms with van der Waals surface area (Å²) in [5.74, 6) is 0. The number of fused-ring (bicyclic) bond motifs is 12. The molecule has 15 rings (SSSR count). The Hall–Kier alpha value is -9.18. The van der Waals surface area contributed by atoms with Gasteiger partial charge in [0.15, 0.2) is 0 Å². The first-order valence-corrected chi connectivity index (χ1v) is 23.8. The summed E-state index contributed by atoms with van der Waals surface area (Å²) in [6.07, 6.45) is 0. The van der Waals surface area contributed by atoms with Gasteiger partial charge < -0.3 is 13.7 Å². The number of nitrogens with zero attached hydrogens (tertiary/aromatic N) is 3. The minimum atomic E-state index is 1.15. The molecule has 0 fully saturated rings. The molecule has 0 aliphatic heterocycles. The Kier molecular flexibility index (Phi) is 8.07. The fraction of sp³-hybridized carbons (Fsp3) is 0. The Morgan fingerprint density at radius 1 is 0.174 bits per heavy atom. The van der Waals surface area contributed by atoms with Gasteiger partial charge in [-0.05, 0) is 152 Å². The van der Waals surface area contributed by atoms with E-state index in [1.54, 1.807) is 0 Å². The van der Waals surface area contributed by atoms with Crippen LogP contribution in [0.3, 0.4) is 0 Å². The molecular weight excluding hydrogens is 835 g/mol. The lowest BCUT2D eigenvalue weighted by Crippen LogP contribution is -1.94. The van der Waals surface area contributed by atoms with E-state index >= 15 is 0 Å². The van der Waals surface area contributed by atoms with E-state index in [9.17, 15) is 0 Å². The summed E-state index contributed by atoms with van der Waals surface area (Å²) in [6.45, 7) is 0. The monoisotopic (exact) mass is 875 g/mol.